The second-order valence-electron chi connectivity index (χ2n) is 10.2. The summed E-state index contributed by atoms with van der Waals surface area (Å²) in [7, 11) is 0. The molecule has 6 rings (SSSR count). The molecule has 0 fully saturated rings. The van der Waals surface area contributed by atoms with Gasteiger partial charge in [0.25, 0.3) is 11.8 Å². The topological polar surface area (TPSA) is 210 Å². The molecular weight excluding hydrogens is 717 g/mol. The molecule has 0 saturated heterocycles. The van der Waals surface area contributed by atoms with Crippen LogP contribution in [0.4, 0.5) is 11.4 Å². The van der Waals surface area contributed by atoms with Crippen molar-refractivity contribution in [3.63, 3.8) is 0 Å². The van der Waals surface area contributed by atoms with Crippen molar-refractivity contribution in [1.29, 1.82) is 0 Å². The predicted molar refractivity (Wildman–Crippen MR) is 166 cm³/mol. The van der Waals surface area contributed by atoms with Gasteiger partial charge < -0.3 is 50.9 Å². The summed E-state index contributed by atoms with van der Waals surface area (Å²) in [4.78, 5) is 30.7. The van der Waals surface area contributed by atoms with Crippen molar-refractivity contribution in [1.82, 2.24) is 0 Å². The van der Waals surface area contributed by atoms with Crippen molar-refractivity contribution in [2.45, 2.75) is 23.9 Å². The van der Waals surface area contributed by atoms with E-state index in [0.29, 0.717) is 43.7 Å². The van der Waals surface area contributed by atoms with Gasteiger partial charge in [-0.05, 0) is 36.4 Å². The smallest absolute Gasteiger partial charge is 0.547 e. The number of fused-ring (bicyclic) bond motifs is 2. The summed E-state index contributed by atoms with van der Waals surface area (Å²) >= 11 is 12.0. The number of hydrogen-bond donors (Lipinski definition) is 6. The number of aliphatic hydroxyl groups is 4. The maximum absolute atomic E-state index is 11.3. The molecule has 6 N–H and O–H groups in total. The van der Waals surface area contributed by atoms with Crippen LogP contribution in [0, 0.1) is 0 Å². The summed E-state index contributed by atoms with van der Waals surface area (Å²) in [5.74, 6) is -9.01. The number of aliphatic carboxylic acids is 2. The molecule has 4 aromatic rings. The maximum atomic E-state index is 11.3. The molecule has 2 heterocycles. The minimum Gasteiger partial charge on any atom is -0.547 e. The first-order chi connectivity index (χ1) is 21.8. The molecule has 0 amide bonds. The SMILES string of the molecule is O=C([O-])C1N=C(c2ccccc2)c2cc(Cl)ccc2NC1(O)O.O=C([O-])C1N=C(c2ccccc2)c2cc(Cl)ccc2NC1(O)O.[K+].[K+]. The Bertz CT molecular complexity index is 1730. The molecule has 12 nitrogen and oxygen atoms in total. The minimum absolute atomic E-state index is 0. The molecule has 0 aliphatic carbocycles. The van der Waals surface area contributed by atoms with Crippen LogP contribution < -0.4 is 124 Å². The Balaban J connectivity index is 0.000000250. The van der Waals surface area contributed by atoms with Gasteiger partial charge in [0.15, 0.2) is 12.1 Å². The molecule has 0 bridgehead atoms. The molecule has 2 aliphatic heterocycles. The van der Waals surface area contributed by atoms with Gasteiger partial charge in [0, 0.05) is 43.7 Å². The van der Waals surface area contributed by atoms with E-state index in [-0.39, 0.29) is 114 Å². The molecule has 2 unspecified atom stereocenters. The van der Waals surface area contributed by atoms with E-state index in [2.05, 4.69) is 20.6 Å². The van der Waals surface area contributed by atoms with Gasteiger partial charge in [-0.15, -0.1) is 0 Å². The molecule has 0 saturated carbocycles. The molecule has 2 aliphatic rings. The molecule has 4 aromatic carbocycles. The van der Waals surface area contributed by atoms with Gasteiger partial charge in [0.1, 0.15) is 0 Å². The Morgan fingerprint density at radius 1 is 0.604 bits per heavy atom. The van der Waals surface area contributed by atoms with Crippen LogP contribution in [0.5, 0.6) is 0 Å². The van der Waals surface area contributed by atoms with Crippen LogP contribution in [0.15, 0.2) is 107 Å². The van der Waals surface area contributed by atoms with E-state index in [9.17, 15) is 40.2 Å². The fraction of sp³-hybridized carbons (Fsp3) is 0.125. The zero-order chi connectivity index (χ0) is 33.2. The summed E-state index contributed by atoms with van der Waals surface area (Å²) in [6.45, 7) is 0. The Morgan fingerprint density at radius 2 is 0.938 bits per heavy atom. The predicted octanol–water partition coefficient (Wildman–Crippen LogP) is -5.27. The van der Waals surface area contributed by atoms with Crippen LogP contribution in [0.2, 0.25) is 10.0 Å². The monoisotopic (exact) mass is 740 g/mol. The van der Waals surface area contributed by atoms with Gasteiger partial charge in [0.2, 0.25) is 0 Å². The Hall–Kier alpha value is -1.55. The number of benzene rings is 4. The number of carbonyl (C=O) groups is 2. The fourth-order valence-corrected chi connectivity index (χ4v) is 5.18. The summed E-state index contributed by atoms with van der Waals surface area (Å²) in [6.07, 6.45) is 0. The minimum atomic E-state index is -2.79. The largest absolute Gasteiger partial charge is 1.00 e. The van der Waals surface area contributed by atoms with E-state index < -0.39 is 35.8 Å². The summed E-state index contributed by atoms with van der Waals surface area (Å²) in [5.41, 5.74) is 3.28. The number of carbonyl (C=O) groups excluding carboxylic acids is 2. The van der Waals surface area contributed by atoms with E-state index in [4.69, 9.17) is 23.2 Å². The van der Waals surface area contributed by atoms with E-state index in [1.54, 1.807) is 84.9 Å². The standard InChI is InChI=1S/2C16H13ClN2O4.2K/c2*17-10-6-7-12-11(8-10)13(9-4-2-1-3-5-9)18-14(15(20)21)16(22,23)19-12;;/h2*1-8,14,19,22-23H,(H,20,21);;/q;;2*+1/p-2. The maximum Gasteiger partial charge on any atom is 1.00 e. The van der Waals surface area contributed by atoms with Gasteiger partial charge in [-0.25, -0.2) is 0 Å². The first-order valence-corrected chi connectivity index (χ1v) is 14.3. The van der Waals surface area contributed by atoms with Crippen LogP contribution in [0.25, 0.3) is 0 Å². The average molecular weight is 742 g/mol. The number of carboxylic acids is 2. The molecule has 16 heteroatoms. The Labute approximate surface area is 369 Å². The van der Waals surface area contributed by atoms with Crippen molar-refractivity contribution in [3.8, 4) is 0 Å². The second-order valence-corrected chi connectivity index (χ2v) is 11.1. The molecular formula is C32H24Cl2K2N4O8. The zero-order valence-electron chi connectivity index (χ0n) is 25.5. The number of hydrogen-bond acceptors (Lipinski definition) is 12. The van der Waals surface area contributed by atoms with Crippen molar-refractivity contribution >= 4 is 57.9 Å². The van der Waals surface area contributed by atoms with Gasteiger partial charge in [-0.1, -0.05) is 83.9 Å². The van der Waals surface area contributed by atoms with Crippen molar-refractivity contribution in [2.75, 3.05) is 10.6 Å². The summed E-state index contributed by atoms with van der Waals surface area (Å²) in [6, 6.07) is 23.1. The van der Waals surface area contributed by atoms with Crippen LogP contribution in [0.1, 0.15) is 22.3 Å². The number of anilines is 2. The number of carboxylic acid groups (broad SMARTS) is 2. The van der Waals surface area contributed by atoms with E-state index >= 15 is 0 Å². The molecule has 48 heavy (non-hydrogen) atoms. The van der Waals surface area contributed by atoms with Crippen LogP contribution >= 0.6 is 23.2 Å². The fourth-order valence-electron chi connectivity index (χ4n) is 4.84. The van der Waals surface area contributed by atoms with E-state index in [0.717, 1.165) is 0 Å². The number of nitrogens with zero attached hydrogens (tertiary/aromatic N) is 2. The van der Waals surface area contributed by atoms with Crippen LogP contribution in [-0.4, -0.2) is 67.7 Å². The van der Waals surface area contributed by atoms with Crippen molar-refractivity contribution in [3.05, 3.63) is 129 Å². The normalized spacial score (nSPS) is 18.3. The van der Waals surface area contributed by atoms with E-state index in [1.807, 2.05) is 0 Å². The third-order valence-electron chi connectivity index (χ3n) is 6.93. The third-order valence-corrected chi connectivity index (χ3v) is 7.40. The molecule has 0 spiro atoms. The summed E-state index contributed by atoms with van der Waals surface area (Å²) < 4.78 is 0. The van der Waals surface area contributed by atoms with Gasteiger partial charge in [0.05, 0.1) is 23.4 Å². The average Bonchev–Trinajstić information content (AvgIpc) is 3.20. The number of rotatable bonds is 4. The second kappa shape index (κ2) is 17.1. The first-order valence-electron chi connectivity index (χ1n) is 13.5. The molecule has 0 radical (unpaired) electrons. The summed E-state index contributed by atoms with van der Waals surface area (Å²) in [5, 5.41) is 68.4. The number of aliphatic imine (C=N–C) groups is 2. The van der Waals surface area contributed by atoms with Crippen molar-refractivity contribution in [2.24, 2.45) is 9.98 Å². The van der Waals surface area contributed by atoms with Gasteiger partial charge >= 0.3 is 103 Å². The molecule has 2 atom stereocenters. The van der Waals surface area contributed by atoms with Crippen LogP contribution in [0.3, 0.4) is 0 Å². The van der Waals surface area contributed by atoms with Gasteiger partial charge in [-0.2, -0.15) is 0 Å². The van der Waals surface area contributed by atoms with Crippen molar-refractivity contribution < 1.29 is 143 Å². The van der Waals surface area contributed by atoms with E-state index in [1.165, 1.54) is 12.1 Å². The quantitative estimate of drug-likeness (QED) is 0.0865. The Morgan fingerprint density at radius 3 is 1.25 bits per heavy atom. The van der Waals surface area contributed by atoms with Gasteiger partial charge in [-0.3, -0.25) is 9.98 Å². The number of benzodiazepines with no additional fused rings is 2. The van der Waals surface area contributed by atoms with Crippen LogP contribution in [-0.2, 0) is 9.59 Å². The third kappa shape index (κ3) is 9.41. The number of halogens is 2. The Kier molecular flexibility index (Phi) is 14.6. The zero-order valence-corrected chi connectivity index (χ0v) is 33.2. The molecule has 236 valence electrons. The molecule has 0 aromatic heterocycles. The first kappa shape index (κ1) is 40.9. The number of nitrogens with one attached hydrogen (secondary N) is 2.